The molecule has 4 unspecified atom stereocenters. The number of alkyl halides is 1. The zero-order valence-electron chi connectivity index (χ0n) is 13.8. The number of aromatic amines is 1. The molecule has 0 aliphatic carbocycles. The van der Waals surface area contributed by atoms with Crippen molar-refractivity contribution in [2.24, 2.45) is 0 Å². The van der Waals surface area contributed by atoms with Crippen molar-refractivity contribution in [3.8, 4) is 5.75 Å². The van der Waals surface area contributed by atoms with E-state index in [4.69, 9.17) is 13.8 Å². The van der Waals surface area contributed by atoms with Gasteiger partial charge >= 0.3 is 13.9 Å². The van der Waals surface area contributed by atoms with Gasteiger partial charge in [0, 0.05) is 23.2 Å². The first-order valence-electron chi connectivity index (χ1n) is 7.84. The van der Waals surface area contributed by atoms with Crippen molar-refractivity contribution in [2.45, 2.75) is 31.3 Å². The lowest BCUT2D eigenvalue weighted by molar-refractivity contribution is -0.0586. The monoisotopic (exact) mass is 383 g/mol. The SMILES string of the molecule is CC1(F)CC(CO[P+](=O)Oc2ccccc2)OC1n1ccc(=O)[nH]c1=O. The maximum atomic E-state index is 14.8. The highest BCUT2D eigenvalue weighted by molar-refractivity contribution is 7.33. The van der Waals surface area contributed by atoms with Crippen LogP contribution in [-0.4, -0.2) is 27.9 Å². The Hall–Kier alpha value is -2.35. The Morgan fingerprint density at radius 3 is 2.77 bits per heavy atom. The lowest BCUT2D eigenvalue weighted by Crippen LogP contribution is -2.38. The fourth-order valence-electron chi connectivity index (χ4n) is 2.72. The zero-order valence-corrected chi connectivity index (χ0v) is 14.7. The molecule has 0 radical (unpaired) electrons. The van der Waals surface area contributed by atoms with Gasteiger partial charge < -0.3 is 4.74 Å². The van der Waals surface area contributed by atoms with Crippen molar-refractivity contribution in [3.63, 3.8) is 0 Å². The summed E-state index contributed by atoms with van der Waals surface area (Å²) in [5, 5.41) is 0. The van der Waals surface area contributed by atoms with Crippen molar-refractivity contribution in [2.75, 3.05) is 6.61 Å². The Morgan fingerprint density at radius 1 is 1.35 bits per heavy atom. The summed E-state index contributed by atoms with van der Waals surface area (Å²) < 4.78 is 43.4. The third-order valence-corrected chi connectivity index (χ3v) is 4.58. The first kappa shape index (κ1) is 18.4. The molecule has 1 aliphatic rings. The van der Waals surface area contributed by atoms with Gasteiger partial charge in [-0.1, -0.05) is 18.2 Å². The van der Waals surface area contributed by atoms with Gasteiger partial charge in [-0.3, -0.25) is 14.3 Å². The molecule has 0 spiro atoms. The smallest absolute Gasteiger partial charge is 0.348 e. The molecule has 4 atom stereocenters. The summed E-state index contributed by atoms with van der Waals surface area (Å²) in [4.78, 5) is 25.0. The molecule has 1 N–H and O–H groups in total. The molecule has 1 aromatic carbocycles. The molecule has 26 heavy (non-hydrogen) atoms. The summed E-state index contributed by atoms with van der Waals surface area (Å²) in [6.45, 7) is 1.12. The first-order chi connectivity index (χ1) is 12.3. The highest BCUT2D eigenvalue weighted by Gasteiger charge is 2.48. The van der Waals surface area contributed by atoms with E-state index >= 15 is 0 Å². The van der Waals surface area contributed by atoms with Gasteiger partial charge in [-0.2, -0.15) is 0 Å². The topological polar surface area (TPSA) is 99.6 Å². The van der Waals surface area contributed by atoms with E-state index in [2.05, 4.69) is 4.98 Å². The molecule has 8 nitrogen and oxygen atoms in total. The maximum absolute atomic E-state index is 14.8. The second kappa shape index (κ2) is 7.49. The summed E-state index contributed by atoms with van der Waals surface area (Å²) >= 11 is 0. The predicted octanol–water partition coefficient (Wildman–Crippen LogP) is 2.31. The quantitative estimate of drug-likeness (QED) is 0.769. The average Bonchev–Trinajstić information content (AvgIpc) is 2.88. The van der Waals surface area contributed by atoms with Gasteiger partial charge in [0.25, 0.3) is 5.56 Å². The standard InChI is InChI=1S/C16H16FN2O6P/c1-16(17)9-12(10-23-26(22)25-11-5-3-2-4-6-11)24-14(16)19-8-7-13(20)18-15(19)21/h2-8,12,14H,9-10H2,1H3/p+1. The fraction of sp³-hybridized carbons (Fsp3) is 0.375. The molecule has 0 amide bonds. The van der Waals surface area contributed by atoms with Crippen LogP contribution in [0.2, 0.25) is 0 Å². The highest BCUT2D eigenvalue weighted by Crippen LogP contribution is 2.41. The van der Waals surface area contributed by atoms with Crippen molar-refractivity contribution >= 4 is 8.25 Å². The zero-order chi connectivity index (χ0) is 18.7. The summed E-state index contributed by atoms with van der Waals surface area (Å²) in [5.74, 6) is 0.383. The number of hydrogen-bond acceptors (Lipinski definition) is 6. The average molecular weight is 383 g/mol. The number of hydrogen-bond donors (Lipinski definition) is 1. The van der Waals surface area contributed by atoms with E-state index < -0.39 is 37.5 Å². The Labute approximate surface area is 148 Å². The number of para-hydroxylation sites is 1. The lowest BCUT2D eigenvalue weighted by atomic mass is 10.0. The van der Waals surface area contributed by atoms with Crippen LogP contribution in [0.1, 0.15) is 19.6 Å². The third kappa shape index (κ3) is 4.24. The van der Waals surface area contributed by atoms with E-state index in [1.807, 2.05) is 0 Å². The van der Waals surface area contributed by atoms with Crippen LogP contribution in [0.25, 0.3) is 0 Å². The number of ether oxygens (including phenoxy) is 1. The minimum absolute atomic E-state index is 0.0717. The molecule has 1 saturated heterocycles. The minimum Gasteiger partial charge on any atom is -0.348 e. The van der Waals surface area contributed by atoms with Crippen LogP contribution in [0.3, 0.4) is 0 Å². The van der Waals surface area contributed by atoms with E-state index in [0.29, 0.717) is 5.75 Å². The van der Waals surface area contributed by atoms with Gasteiger partial charge in [-0.15, -0.1) is 4.52 Å². The second-order valence-electron chi connectivity index (χ2n) is 6.03. The molecule has 1 aliphatic heterocycles. The lowest BCUT2D eigenvalue weighted by Gasteiger charge is -2.22. The number of rotatable bonds is 6. The number of nitrogens with zero attached hydrogens (tertiary/aromatic N) is 1. The van der Waals surface area contributed by atoms with E-state index in [1.165, 1.54) is 13.1 Å². The number of aromatic nitrogens is 2. The largest absolute Gasteiger partial charge is 0.750 e. The molecular weight excluding hydrogens is 366 g/mol. The van der Waals surface area contributed by atoms with Gasteiger partial charge in [0.15, 0.2) is 17.6 Å². The Kier molecular flexibility index (Phi) is 5.31. The number of H-pyrrole nitrogens is 1. The molecule has 10 heteroatoms. The van der Waals surface area contributed by atoms with Crippen LogP contribution in [-0.2, 0) is 13.8 Å². The molecule has 138 valence electrons. The van der Waals surface area contributed by atoms with Gasteiger partial charge in [0.1, 0.15) is 6.61 Å². The summed E-state index contributed by atoms with van der Waals surface area (Å²) in [7, 11) is -2.45. The van der Waals surface area contributed by atoms with Gasteiger partial charge in [0.2, 0.25) is 0 Å². The van der Waals surface area contributed by atoms with E-state index in [0.717, 1.165) is 10.6 Å². The second-order valence-corrected chi connectivity index (χ2v) is 6.92. The Morgan fingerprint density at radius 2 is 2.08 bits per heavy atom. The maximum Gasteiger partial charge on any atom is 0.750 e. The fourth-order valence-corrected chi connectivity index (χ4v) is 3.36. The van der Waals surface area contributed by atoms with Crippen molar-refractivity contribution in [1.29, 1.82) is 0 Å². The molecule has 2 heterocycles. The Bertz CT molecular complexity index is 897. The molecule has 2 aromatic rings. The van der Waals surface area contributed by atoms with Crippen LogP contribution in [0.4, 0.5) is 4.39 Å². The van der Waals surface area contributed by atoms with Gasteiger partial charge in [-0.05, 0) is 19.1 Å². The van der Waals surface area contributed by atoms with Crippen LogP contribution in [0.5, 0.6) is 5.75 Å². The number of benzene rings is 1. The van der Waals surface area contributed by atoms with E-state index in [1.54, 1.807) is 30.3 Å². The molecule has 0 saturated carbocycles. The van der Waals surface area contributed by atoms with Crippen molar-refractivity contribution < 1.29 is 22.7 Å². The molecule has 1 fully saturated rings. The van der Waals surface area contributed by atoms with E-state index in [-0.39, 0.29) is 13.0 Å². The molecular formula is C16H17FN2O6P+. The number of halogens is 1. The van der Waals surface area contributed by atoms with Gasteiger partial charge in [0.05, 0.1) is 6.10 Å². The van der Waals surface area contributed by atoms with Crippen molar-refractivity contribution in [1.82, 2.24) is 9.55 Å². The van der Waals surface area contributed by atoms with Crippen LogP contribution in [0, 0.1) is 0 Å². The molecule has 1 aromatic heterocycles. The van der Waals surface area contributed by atoms with Crippen LogP contribution in [0.15, 0.2) is 52.2 Å². The molecule has 0 bridgehead atoms. The normalized spacial score (nSPS) is 25.8. The third-order valence-electron chi connectivity index (χ3n) is 3.86. The van der Waals surface area contributed by atoms with E-state index in [9.17, 15) is 18.5 Å². The molecule has 3 rings (SSSR count). The van der Waals surface area contributed by atoms with Crippen molar-refractivity contribution in [3.05, 3.63) is 63.4 Å². The number of nitrogens with one attached hydrogen (secondary N) is 1. The van der Waals surface area contributed by atoms with Gasteiger partial charge in [-0.25, -0.2) is 13.7 Å². The highest BCUT2D eigenvalue weighted by atomic mass is 31.1. The Balaban J connectivity index is 1.61. The summed E-state index contributed by atoms with van der Waals surface area (Å²) in [6, 6.07) is 9.59. The first-order valence-corrected chi connectivity index (χ1v) is 8.94. The van der Waals surface area contributed by atoms with Crippen LogP contribution < -0.4 is 15.8 Å². The summed E-state index contributed by atoms with van der Waals surface area (Å²) in [5.41, 5.74) is -3.23. The summed E-state index contributed by atoms with van der Waals surface area (Å²) in [6.07, 6.45) is -0.857. The predicted molar refractivity (Wildman–Crippen MR) is 90.0 cm³/mol. The van der Waals surface area contributed by atoms with Crippen LogP contribution >= 0.6 is 8.25 Å². The minimum atomic E-state index is -2.45.